The molecule has 0 bridgehead atoms. The van der Waals surface area contributed by atoms with Gasteiger partial charge in [0, 0.05) is 0 Å². The summed E-state index contributed by atoms with van der Waals surface area (Å²) < 4.78 is 0. The number of hydrogen-bond acceptors (Lipinski definition) is 5. The second kappa shape index (κ2) is 6.98. The highest BCUT2D eigenvalue weighted by Crippen LogP contribution is 1.96. The standard InChI is InChI=1S/C7H17N5O3/c8-6(9)11-3-1-2-4(5(13)14)12-7(10)15/h4,6,11H,1-3,8-9H2,(H,13,14)(H3,10,12,15). The quantitative estimate of drug-likeness (QED) is 0.208. The van der Waals surface area contributed by atoms with Crippen molar-refractivity contribution in [2.75, 3.05) is 6.54 Å². The summed E-state index contributed by atoms with van der Waals surface area (Å²) in [5.41, 5.74) is 15.2. The average molecular weight is 219 g/mol. The van der Waals surface area contributed by atoms with E-state index in [0.29, 0.717) is 13.0 Å². The highest BCUT2D eigenvalue weighted by molar-refractivity contribution is 5.81. The Morgan fingerprint density at radius 2 is 1.93 bits per heavy atom. The Kier molecular flexibility index (Phi) is 6.34. The minimum atomic E-state index is -1.12. The van der Waals surface area contributed by atoms with Crippen LogP contribution >= 0.6 is 0 Å². The molecule has 1 unspecified atom stereocenters. The maximum Gasteiger partial charge on any atom is 0.326 e. The summed E-state index contributed by atoms with van der Waals surface area (Å²) in [7, 11) is 0. The van der Waals surface area contributed by atoms with Gasteiger partial charge in [0.1, 0.15) is 12.3 Å². The van der Waals surface area contributed by atoms with Crippen molar-refractivity contribution in [2.24, 2.45) is 17.2 Å². The lowest BCUT2D eigenvalue weighted by molar-refractivity contribution is -0.139. The minimum Gasteiger partial charge on any atom is -0.480 e. The van der Waals surface area contributed by atoms with E-state index < -0.39 is 24.3 Å². The average Bonchev–Trinajstić information content (AvgIpc) is 2.08. The second-order valence-electron chi connectivity index (χ2n) is 3.02. The Labute approximate surface area is 87.2 Å². The first-order valence-corrected chi connectivity index (χ1v) is 4.47. The van der Waals surface area contributed by atoms with Gasteiger partial charge in [0.2, 0.25) is 0 Å². The van der Waals surface area contributed by atoms with Gasteiger partial charge in [0.15, 0.2) is 0 Å². The first kappa shape index (κ1) is 13.6. The number of hydrogen-bond donors (Lipinski definition) is 6. The van der Waals surface area contributed by atoms with E-state index in [2.05, 4.69) is 10.6 Å². The van der Waals surface area contributed by atoms with E-state index in [4.69, 9.17) is 22.3 Å². The monoisotopic (exact) mass is 219 g/mol. The zero-order chi connectivity index (χ0) is 11.8. The summed E-state index contributed by atoms with van der Waals surface area (Å²) in [6, 6.07) is -1.83. The zero-order valence-electron chi connectivity index (χ0n) is 8.27. The molecule has 0 spiro atoms. The fourth-order valence-corrected chi connectivity index (χ4v) is 1.00. The lowest BCUT2D eigenvalue weighted by Gasteiger charge is -2.13. The van der Waals surface area contributed by atoms with Gasteiger partial charge in [-0.2, -0.15) is 0 Å². The molecule has 0 aliphatic heterocycles. The Balaban J connectivity index is 3.77. The molecule has 0 aromatic rings. The number of aliphatic carboxylic acids is 1. The topological polar surface area (TPSA) is 156 Å². The molecule has 0 saturated carbocycles. The molecule has 0 fully saturated rings. The number of carboxylic acid groups (broad SMARTS) is 1. The normalized spacial score (nSPS) is 12.5. The predicted octanol–water partition coefficient (Wildman–Crippen LogP) is -2.32. The van der Waals surface area contributed by atoms with Crippen LogP contribution in [0.3, 0.4) is 0 Å². The van der Waals surface area contributed by atoms with E-state index in [1.54, 1.807) is 0 Å². The number of carbonyl (C=O) groups is 2. The van der Waals surface area contributed by atoms with Crippen molar-refractivity contribution in [2.45, 2.75) is 25.2 Å². The summed E-state index contributed by atoms with van der Waals surface area (Å²) in [4.78, 5) is 21.1. The number of carbonyl (C=O) groups excluding carboxylic acids is 1. The molecule has 0 aromatic heterocycles. The van der Waals surface area contributed by atoms with Crippen LogP contribution in [0, 0.1) is 0 Å². The zero-order valence-corrected chi connectivity index (χ0v) is 8.27. The second-order valence-corrected chi connectivity index (χ2v) is 3.02. The first-order valence-electron chi connectivity index (χ1n) is 4.47. The van der Waals surface area contributed by atoms with Crippen molar-refractivity contribution < 1.29 is 14.7 Å². The van der Waals surface area contributed by atoms with Crippen molar-refractivity contribution in [1.82, 2.24) is 10.6 Å². The molecule has 2 amide bonds. The number of carboxylic acids is 1. The third-order valence-electron chi connectivity index (χ3n) is 1.66. The lowest BCUT2D eigenvalue weighted by Crippen LogP contribution is -2.46. The van der Waals surface area contributed by atoms with Crippen LogP contribution in [0.15, 0.2) is 0 Å². The molecule has 0 aliphatic rings. The molecule has 1 atom stereocenters. The molecule has 0 aliphatic carbocycles. The van der Waals surface area contributed by atoms with Gasteiger partial charge in [-0.1, -0.05) is 0 Å². The molecule has 88 valence electrons. The van der Waals surface area contributed by atoms with E-state index >= 15 is 0 Å². The third-order valence-corrected chi connectivity index (χ3v) is 1.66. The van der Waals surface area contributed by atoms with Crippen LogP contribution in [0.2, 0.25) is 0 Å². The molecule has 0 radical (unpaired) electrons. The molecular weight excluding hydrogens is 202 g/mol. The molecule has 8 nitrogen and oxygen atoms in total. The number of nitrogens with two attached hydrogens (primary N) is 3. The van der Waals surface area contributed by atoms with E-state index in [1.807, 2.05) is 0 Å². The van der Waals surface area contributed by atoms with Crippen LogP contribution in [0.1, 0.15) is 12.8 Å². The SMILES string of the molecule is NC(=O)NC(CCCNC(N)N)C(=O)O. The summed E-state index contributed by atoms with van der Waals surface area (Å²) in [5, 5.41) is 13.5. The maximum atomic E-state index is 10.6. The maximum absolute atomic E-state index is 10.6. The Hall–Kier alpha value is -1.38. The van der Waals surface area contributed by atoms with Gasteiger partial charge in [-0.05, 0) is 19.4 Å². The van der Waals surface area contributed by atoms with Gasteiger partial charge >= 0.3 is 12.0 Å². The minimum absolute atomic E-state index is 0.262. The smallest absolute Gasteiger partial charge is 0.326 e. The molecular formula is C7H17N5O3. The molecule has 0 heterocycles. The molecule has 0 rings (SSSR count). The summed E-state index contributed by atoms with van der Waals surface area (Å²) >= 11 is 0. The van der Waals surface area contributed by atoms with Crippen molar-refractivity contribution in [1.29, 1.82) is 0 Å². The molecule has 8 heteroatoms. The fraction of sp³-hybridized carbons (Fsp3) is 0.714. The van der Waals surface area contributed by atoms with E-state index in [9.17, 15) is 9.59 Å². The van der Waals surface area contributed by atoms with Gasteiger partial charge in [-0.25, -0.2) is 9.59 Å². The van der Waals surface area contributed by atoms with Crippen LogP contribution in [-0.4, -0.2) is 36.0 Å². The number of nitrogens with one attached hydrogen (secondary N) is 2. The predicted molar refractivity (Wildman–Crippen MR) is 53.5 cm³/mol. The molecule has 0 saturated heterocycles. The molecule has 9 N–H and O–H groups in total. The number of rotatable bonds is 7. The van der Waals surface area contributed by atoms with Gasteiger partial charge < -0.3 is 27.6 Å². The van der Waals surface area contributed by atoms with Gasteiger partial charge in [-0.3, -0.25) is 5.32 Å². The molecule has 15 heavy (non-hydrogen) atoms. The number of amides is 2. The van der Waals surface area contributed by atoms with Crippen molar-refractivity contribution in [3.8, 4) is 0 Å². The van der Waals surface area contributed by atoms with E-state index in [-0.39, 0.29) is 6.42 Å². The lowest BCUT2D eigenvalue weighted by atomic mass is 10.1. The largest absolute Gasteiger partial charge is 0.480 e. The summed E-state index contributed by atoms with van der Waals surface area (Å²) in [6.07, 6.45) is 0.150. The van der Waals surface area contributed by atoms with Crippen LogP contribution < -0.4 is 27.8 Å². The number of urea groups is 1. The summed E-state index contributed by atoms with van der Waals surface area (Å²) in [5.74, 6) is -1.12. The summed E-state index contributed by atoms with van der Waals surface area (Å²) in [6.45, 7) is 0.474. The van der Waals surface area contributed by atoms with Crippen molar-refractivity contribution in [3.63, 3.8) is 0 Å². The van der Waals surface area contributed by atoms with Crippen molar-refractivity contribution >= 4 is 12.0 Å². The van der Waals surface area contributed by atoms with E-state index in [1.165, 1.54) is 0 Å². The fourth-order valence-electron chi connectivity index (χ4n) is 1.00. The first-order chi connectivity index (χ1) is 6.93. The van der Waals surface area contributed by atoms with Crippen LogP contribution in [0.25, 0.3) is 0 Å². The van der Waals surface area contributed by atoms with E-state index in [0.717, 1.165) is 0 Å². The van der Waals surface area contributed by atoms with Crippen LogP contribution in [0.5, 0.6) is 0 Å². The van der Waals surface area contributed by atoms with Crippen LogP contribution in [0.4, 0.5) is 4.79 Å². The van der Waals surface area contributed by atoms with Gasteiger partial charge in [-0.15, -0.1) is 0 Å². The number of primary amides is 1. The van der Waals surface area contributed by atoms with Gasteiger partial charge in [0.25, 0.3) is 0 Å². The highest BCUT2D eigenvalue weighted by atomic mass is 16.4. The highest BCUT2D eigenvalue weighted by Gasteiger charge is 2.17. The molecule has 0 aromatic carbocycles. The Morgan fingerprint density at radius 3 is 2.33 bits per heavy atom. The van der Waals surface area contributed by atoms with Gasteiger partial charge in [0.05, 0.1) is 0 Å². The van der Waals surface area contributed by atoms with Crippen LogP contribution in [-0.2, 0) is 4.79 Å². The van der Waals surface area contributed by atoms with Crippen molar-refractivity contribution in [3.05, 3.63) is 0 Å². The Morgan fingerprint density at radius 1 is 1.33 bits per heavy atom. The Bertz CT molecular complexity index is 221. The third kappa shape index (κ3) is 7.67.